The largest absolute Gasteiger partial charge is 0.459 e. The molecule has 114 valence electrons. The van der Waals surface area contributed by atoms with Crippen molar-refractivity contribution in [3.05, 3.63) is 24.2 Å². The Morgan fingerprint density at radius 2 is 2.24 bits per heavy atom. The van der Waals surface area contributed by atoms with Gasteiger partial charge in [-0.15, -0.1) is 0 Å². The zero-order valence-electron chi connectivity index (χ0n) is 12.4. The highest BCUT2D eigenvalue weighted by Gasteiger charge is 2.22. The molecule has 1 saturated heterocycles. The first-order valence-electron chi connectivity index (χ1n) is 7.68. The molecular weight excluding hydrogens is 268 g/mol. The highest BCUT2D eigenvalue weighted by molar-refractivity contribution is 5.42. The molecule has 1 aliphatic rings. The van der Waals surface area contributed by atoms with E-state index < -0.39 is 0 Å². The second kappa shape index (κ2) is 6.87. The van der Waals surface area contributed by atoms with Crippen LogP contribution in [-0.2, 0) is 6.54 Å². The van der Waals surface area contributed by atoms with E-state index in [0.717, 1.165) is 38.4 Å². The van der Waals surface area contributed by atoms with E-state index in [1.165, 1.54) is 12.8 Å². The highest BCUT2D eigenvalue weighted by Crippen LogP contribution is 2.19. The molecule has 0 bridgehead atoms. The average molecular weight is 290 g/mol. The highest BCUT2D eigenvalue weighted by atomic mass is 16.5. The molecule has 6 heteroatoms. The Labute approximate surface area is 124 Å². The van der Waals surface area contributed by atoms with Crippen molar-refractivity contribution in [3.63, 3.8) is 0 Å². The third-order valence-corrected chi connectivity index (χ3v) is 3.88. The molecule has 0 aromatic carbocycles. The summed E-state index contributed by atoms with van der Waals surface area (Å²) in [5.41, 5.74) is 0. The monoisotopic (exact) mass is 290 g/mol. The lowest BCUT2D eigenvalue weighted by Crippen LogP contribution is -2.43. The minimum atomic E-state index is 0.455. The van der Waals surface area contributed by atoms with Gasteiger partial charge in [0.1, 0.15) is 0 Å². The van der Waals surface area contributed by atoms with E-state index in [1.807, 2.05) is 12.1 Å². The van der Waals surface area contributed by atoms with Gasteiger partial charge in [0.05, 0.1) is 12.8 Å². The van der Waals surface area contributed by atoms with Crippen molar-refractivity contribution >= 4 is 0 Å². The summed E-state index contributed by atoms with van der Waals surface area (Å²) in [5.74, 6) is 1.81. The van der Waals surface area contributed by atoms with E-state index in [2.05, 4.69) is 27.3 Å². The van der Waals surface area contributed by atoms with Gasteiger partial charge in [0.25, 0.3) is 5.89 Å². The summed E-state index contributed by atoms with van der Waals surface area (Å²) in [7, 11) is 0. The molecule has 2 aromatic heterocycles. The van der Waals surface area contributed by atoms with Crippen molar-refractivity contribution in [3.8, 4) is 11.7 Å². The Morgan fingerprint density at radius 1 is 1.38 bits per heavy atom. The molecule has 3 rings (SSSR count). The Morgan fingerprint density at radius 3 is 2.95 bits per heavy atom. The molecule has 2 aromatic rings. The Bertz CT molecular complexity index is 532. The molecule has 1 fully saturated rings. The van der Waals surface area contributed by atoms with E-state index in [-0.39, 0.29) is 0 Å². The van der Waals surface area contributed by atoms with Crippen LogP contribution >= 0.6 is 0 Å². The fraction of sp³-hybridized carbons (Fsp3) is 0.600. The fourth-order valence-corrected chi connectivity index (χ4v) is 2.85. The van der Waals surface area contributed by atoms with Crippen LogP contribution in [0.15, 0.2) is 27.3 Å². The summed E-state index contributed by atoms with van der Waals surface area (Å²) in [4.78, 5) is 6.91. The van der Waals surface area contributed by atoms with Crippen LogP contribution in [0.2, 0.25) is 0 Å². The lowest BCUT2D eigenvalue weighted by Gasteiger charge is -2.33. The molecule has 0 aliphatic carbocycles. The lowest BCUT2D eigenvalue weighted by atomic mass is 10.0. The van der Waals surface area contributed by atoms with Crippen molar-refractivity contribution in [1.82, 2.24) is 20.4 Å². The molecule has 0 spiro atoms. The third-order valence-electron chi connectivity index (χ3n) is 3.88. The molecule has 21 heavy (non-hydrogen) atoms. The molecular formula is C15H22N4O2. The van der Waals surface area contributed by atoms with Gasteiger partial charge in [0.15, 0.2) is 11.6 Å². The quantitative estimate of drug-likeness (QED) is 0.880. The molecule has 0 radical (unpaired) electrons. The van der Waals surface area contributed by atoms with Crippen LogP contribution in [0.4, 0.5) is 0 Å². The summed E-state index contributed by atoms with van der Waals surface area (Å²) in [6.07, 6.45) is 5.11. The number of aromatic nitrogens is 2. The fourth-order valence-electron chi connectivity index (χ4n) is 2.85. The minimum Gasteiger partial charge on any atom is -0.459 e. The normalized spacial score (nSPS) is 16.7. The van der Waals surface area contributed by atoms with Crippen molar-refractivity contribution < 1.29 is 8.94 Å². The van der Waals surface area contributed by atoms with Crippen molar-refractivity contribution in [2.45, 2.75) is 38.8 Å². The topological polar surface area (TPSA) is 67.3 Å². The van der Waals surface area contributed by atoms with E-state index in [0.29, 0.717) is 17.7 Å². The van der Waals surface area contributed by atoms with Gasteiger partial charge in [-0.05, 0) is 51.0 Å². The number of piperidine rings is 1. The van der Waals surface area contributed by atoms with Gasteiger partial charge in [0.2, 0.25) is 0 Å². The Kier molecular flexibility index (Phi) is 4.67. The second-order valence-corrected chi connectivity index (χ2v) is 5.44. The smallest absolute Gasteiger partial charge is 0.293 e. The van der Waals surface area contributed by atoms with Crippen LogP contribution < -0.4 is 5.32 Å². The zero-order valence-corrected chi connectivity index (χ0v) is 12.4. The lowest BCUT2D eigenvalue weighted by molar-refractivity contribution is 0.149. The van der Waals surface area contributed by atoms with Crippen LogP contribution in [-0.4, -0.2) is 40.7 Å². The predicted molar refractivity (Wildman–Crippen MR) is 78.6 cm³/mol. The number of hydrogen-bond acceptors (Lipinski definition) is 6. The molecule has 6 nitrogen and oxygen atoms in total. The molecule has 1 aliphatic heterocycles. The summed E-state index contributed by atoms with van der Waals surface area (Å²) in [6.45, 7) is 6.19. The minimum absolute atomic E-state index is 0.455. The van der Waals surface area contributed by atoms with Gasteiger partial charge < -0.3 is 14.3 Å². The maximum absolute atomic E-state index is 5.28. The number of nitrogens with zero attached hydrogens (tertiary/aromatic N) is 3. The van der Waals surface area contributed by atoms with Gasteiger partial charge in [-0.3, -0.25) is 4.90 Å². The maximum atomic E-state index is 5.28. The number of hydrogen-bond donors (Lipinski definition) is 1. The van der Waals surface area contributed by atoms with E-state index in [9.17, 15) is 0 Å². The first-order valence-corrected chi connectivity index (χ1v) is 7.68. The predicted octanol–water partition coefficient (Wildman–Crippen LogP) is 2.29. The summed E-state index contributed by atoms with van der Waals surface area (Å²) < 4.78 is 10.6. The summed E-state index contributed by atoms with van der Waals surface area (Å²) in [6, 6.07) is 4.25. The third kappa shape index (κ3) is 3.51. The maximum Gasteiger partial charge on any atom is 0.293 e. The SMILES string of the molecule is CCCN(Cc1noc(-c2ccco2)n1)C1CCNCC1. The van der Waals surface area contributed by atoms with E-state index >= 15 is 0 Å². The first-order chi connectivity index (χ1) is 10.4. The van der Waals surface area contributed by atoms with Gasteiger partial charge in [-0.25, -0.2) is 0 Å². The Balaban J connectivity index is 1.67. The molecule has 1 N–H and O–H groups in total. The summed E-state index contributed by atoms with van der Waals surface area (Å²) >= 11 is 0. The van der Waals surface area contributed by atoms with E-state index in [4.69, 9.17) is 8.94 Å². The number of furan rings is 1. The molecule has 3 heterocycles. The van der Waals surface area contributed by atoms with Crippen LogP contribution in [0.3, 0.4) is 0 Å². The van der Waals surface area contributed by atoms with Crippen molar-refractivity contribution in [2.75, 3.05) is 19.6 Å². The summed E-state index contributed by atoms with van der Waals surface area (Å²) in [5, 5.41) is 7.50. The zero-order chi connectivity index (χ0) is 14.5. The van der Waals surface area contributed by atoms with Crippen LogP contribution in [0.25, 0.3) is 11.7 Å². The van der Waals surface area contributed by atoms with Gasteiger partial charge >= 0.3 is 0 Å². The van der Waals surface area contributed by atoms with Gasteiger partial charge in [-0.1, -0.05) is 12.1 Å². The van der Waals surface area contributed by atoms with Crippen molar-refractivity contribution in [2.24, 2.45) is 0 Å². The van der Waals surface area contributed by atoms with E-state index in [1.54, 1.807) is 6.26 Å². The second-order valence-electron chi connectivity index (χ2n) is 5.44. The van der Waals surface area contributed by atoms with Crippen LogP contribution in [0.5, 0.6) is 0 Å². The first kappa shape index (κ1) is 14.3. The number of rotatable bonds is 6. The van der Waals surface area contributed by atoms with Crippen LogP contribution in [0, 0.1) is 0 Å². The molecule has 0 atom stereocenters. The standard InChI is InChI=1S/C15H22N4O2/c1-2-9-19(12-5-7-16-8-6-12)11-14-17-15(21-18-14)13-4-3-10-20-13/h3-4,10,12,16H,2,5-9,11H2,1H3. The molecule has 0 amide bonds. The Hall–Kier alpha value is -1.66. The average Bonchev–Trinajstić information content (AvgIpc) is 3.19. The van der Waals surface area contributed by atoms with Gasteiger partial charge in [0, 0.05) is 6.04 Å². The number of nitrogens with one attached hydrogen (secondary N) is 1. The van der Waals surface area contributed by atoms with Crippen molar-refractivity contribution in [1.29, 1.82) is 0 Å². The van der Waals surface area contributed by atoms with Crippen LogP contribution in [0.1, 0.15) is 32.0 Å². The molecule has 0 saturated carbocycles. The molecule has 0 unspecified atom stereocenters. The van der Waals surface area contributed by atoms with Gasteiger partial charge in [-0.2, -0.15) is 4.98 Å².